The Hall–Kier alpha value is -5.88. The first-order valence-electron chi connectivity index (χ1n) is 17.8. The molecule has 0 radical (unpaired) electrons. The molecule has 1 unspecified atom stereocenters. The number of rotatable bonds is 10. The van der Waals surface area contributed by atoms with Crippen LogP contribution in [0.3, 0.4) is 0 Å². The van der Waals surface area contributed by atoms with Crippen molar-refractivity contribution < 1.29 is 101 Å². The minimum atomic E-state index is -4.78. The summed E-state index contributed by atoms with van der Waals surface area (Å²) in [5.74, 6) is -61.4. The number of hydrogen-bond donors (Lipinski definition) is 0. The van der Waals surface area contributed by atoms with Crippen LogP contribution in [0.5, 0.6) is 0 Å². The molecule has 0 saturated heterocycles. The van der Waals surface area contributed by atoms with Crippen LogP contribution in [0.1, 0.15) is 22.3 Å². The molecule has 0 N–H and O–H groups in total. The fourth-order valence-corrected chi connectivity index (χ4v) is 8.43. The van der Waals surface area contributed by atoms with E-state index < -0.39 is 198 Å². The molecule has 66 heavy (non-hydrogen) atoms. The lowest BCUT2D eigenvalue weighted by molar-refractivity contribution is 0.368. The Bertz CT molecular complexity index is 2480. The van der Waals surface area contributed by atoms with Gasteiger partial charge in [-0.15, -0.1) is 25.3 Å². The minimum Gasteiger partial charge on any atom is -0.204 e. The Labute approximate surface area is 357 Å². The van der Waals surface area contributed by atoms with Crippen molar-refractivity contribution in [2.45, 2.75) is 35.1 Å². The van der Waals surface area contributed by atoms with Crippen molar-refractivity contribution in [1.82, 2.24) is 0 Å². The normalized spacial score (nSPS) is 12.1. The predicted molar refractivity (Wildman–Crippen MR) is 188 cm³/mol. The molecule has 6 aromatic rings. The smallest absolute Gasteiger partial charge is 0.204 e. The van der Waals surface area contributed by atoms with E-state index in [-0.39, 0.29) is 4.90 Å². The molecule has 0 heterocycles. The van der Waals surface area contributed by atoms with Crippen molar-refractivity contribution in [1.29, 1.82) is 0 Å². The van der Waals surface area contributed by atoms with E-state index >= 15 is 0 Å². The van der Waals surface area contributed by atoms with Crippen molar-refractivity contribution in [2.75, 3.05) is 6.26 Å². The summed E-state index contributed by atoms with van der Waals surface area (Å²) < 4.78 is 327. The zero-order valence-electron chi connectivity index (χ0n) is 32.0. The minimum absolute atomic E-state index is 0.190. The zero-order valence-corrected chi connectivity index (χ0v) is 32.9. The highest BCUT2D eigenvalue weighted by atomic mass is 32.2. The van der Waals surface area contributed by atoms with Gasteiger partial charge in [-0.2, -0.15) is 4.39 Å². The molecule has 0 bridgehead atoms. The topological polar surface area (TPSA) is 0 Å². The second kappa shape index (κ2) is 19.5. The Balaban J connectivity index is 0.000000400. The predicted octanol–water partition coefficient (Wildman–Crippen LogP) is 13.1. The molecule has 0 spiro atoms. The standard InChI is InChI=1S/C28H8BF20.C13H10F3S/c30-9-5(10(31)18(39)25(46)17(9)38)1-29(2-6-11(32)19(40)26(47)20(41)12(6)33,3-7-13(34)21(42)27(48)22(43)14(7)35)4-8-15(36)23(44)28(49)24(45)16(8)37;1-17(9-5-3-2-4-6-9)11-8-7-10(14)12(15)13(11)16/h1-4H2;2-8H,1H3/q-1;+1. The van der Waals surface area contributed by atoms with E-state index in [4.69, 9.17) is 0 Å². The van der Waals surface area contributed by atoms with Crippen molar-refractivity contribution in [3.63, 3.8) is 0 Å². The molecule has 0 aliphatic heterocycles. The highest BCUT2D eigenvalue weighted by molar-refractivity contribution is 7.96. The van der Waals surface area contributed by atoms with Gasteiger partial charge >= 0.3 is 0 Å². The lowest BCUT2D eigenvalue weighted by Gasteiger charge is -2.41. The SMILES string of the molecule is C[S+](c1ccccc1)c1ccc(F)c(F)c1F.Fc1c(F)c(F)c(C[B-](Cc2c(F)c(F)c(F)c(F)c2F)(Cc2c(F)c(F)c(F)c(F)c2F)Cc2c(F)c(F)c(F)c(F)c2F)c(F)c1F. The van der Waals surface area contributed by atoms with E-state index in [0.717, 1.165) is 11.0 Å². The second-order valence-corrected chi connectivity index (χ2v) is 16.2. The van der Waals surface area contributed by atoms with Gasteiger partial charge in [0.05, 0.1) is 10.9 Å². The maximum atomic E-state index is 14.9. The maximum absolute atomic E-state index is 14.9. The van der Waals surface area contributed by atoms with Crippen LogP contribution in [-0.2, 0) is 36.2 Å². The van der Waals surface area contributed by atoms with E-state index in [1.54, 1.807) is 6.26 Å². The summed E-state index contributed by atoms with van der Waals surface area (Å²) in [6.45, 7) is 0. The third-order valence-corrected chi connectivity index (χ3v) is 12.1. The maximum Gasteiger partial charge on any atom is 0.217 e. The molecule has 0 amide bonds. The van der Waals surface area contributed by atoms with Gasteiger partial charge in [0.2, 0.25) is 29.1 Å². The van der Waals surface area contributed by atoms with Gasteiger partial charge < -0.3 is 0 Å². The summed E-state index contributed by atoms with van der Waals surface area (Å²) in [6.07, 6.45) is -12.2. The molecule has 6 rings (SSSR count). The summed E-state index contributed by atoms with van der Waals surface area (Å²) in [6, 6.07) is 11.4. The molecular formula is C41H18BF23S. The van der Waals surface area contributed by atoms with Crippen LogP contribution in [0, 0.1) is 134 Å². The molecule has 0 aromatic heterocycles. The molecular weight excluding hydrogens is 972 g/mol. The number of hydrogen-bond acceptors (Lipinski definition) is 0. The van der Waals surface area contributed by atoms with E-state index in [9.17, 15) is 101 Å². The third kappa shape index (κ3) is 9.26. The average molecular weight is 990 g/mol. The van der Waals surface area contributed by atoms with Gasteiger partial charge in [0, 0.05) is 6.15 Å². The lowest BCUT2D eigenvalue weighted by atomic mass is 9.16. The van der Waals surface area contributed by atoms with E-state index in [2.05, 4.69) is 0 Å². The molecule has 1 atom stereocenters. The van der Waals surface area contributed by atoms with E-state index in [1.165, 1.54) is 6.07 Å². The van der Waals surface area contributed by atoms with Gasteiger partial charge in [-0.3, -0.25) is 0 Å². The highest BCUT2D eigenvalue weighted by Gasteiger charge is 2.40. The Morgan fingerprint density at radius 2 is 0.530 bits per heavy atom. The molecule has 0 aliphatic carbocycles. The Kier molecular flexibility index (Phi) is 15.1. The zero-order chi connectivity index (χ0) is 49.6. The quantitative estimate of drug-likeness (QED) is 0.0422. The molecule has 25 heteroatoms. The first-order valence-corrected chi connectivity index (χ1v) is 19.4. The van der Waals surface area contributed by atoms with Crippen LogP contribution in [-0.4, -0.2) is 12.4 Å². The van der Waals surface area contributed by atoms with Gasteiger partial charge in [0.25, 0.3) is 0 Å². The van der Waals surface area contributed by atoms with Gasteiger partial charge in [0.1, 0.15) is 6.26 Å². The van der Waals surface area contributed by atoms with Crippen LogP contribution < -0.4 is 0 Å². The van der Waals surface area contributed by atoms with Gasteiger partial charge in [-0.1, -0.05) is 18.2 Å². The van der Waals surface area contributed by atoms with Crippen LogP contribution >= 0.6 is 0 Å². The molecule has 0 fully saturated rings. The second-order valence-electron chi connectivity index (χ2n) is 14.2. The Morgan fingerprint density at radius 3 is 0.788 bits per heavy atom. The Morgan fingerprint density at radius 1 is 0.288 bits per heavy atom. The largest absolute Gasteiger partial charge is 0.217 e. The van der Waals surface area contributed by atoms with Crippen LogP contribution in [0.4, 0.5) is 101 Å². The van der Waals surface area contributed by atoms with Gasteiger partial charge in [0.15, 0.2) is 115 Å². The fraction of sp³-hybridized carbons (Fsp3) is 0.122. The molecule has 0 saturated carbocycles. The van der Waals surface area contributed by atoms with Crippen molar-refractivity contribution in [3.8, 4) is 0 Å². The summed E-state index contributed by atoms with van der Waals surface area (Å²) in [5.41, 5.74) is -8.97. The molecule has 6 aromatic carbocycles. The third-order valence-electron chi connectivity index (χ3n) is 10.2. The fourth-order valence-electron chi connectivity index (χ4n) is 6.98. The van der Waals surface area contributed by atoms with Gasteiger partial charge in [-0.05, 0) is 46.5 Å². The average Bonchev–Trinajstić information content (AvgIpc) is 3.31. The summed E-state index contributed by atoms with van der Waals surface area (Å²) in [4.78, 5) is 1.08. The van der Waals surface area contributed by atoms with Crippen LogP contribution in [0.2, 0.25) is 0 Å². The summed E-state index contributed by atoms with van der Waals surface area (Å²) >= 11 is 0. The number of benzene rings is 6. The van der Waals surface area contributed by atoms with E-state index in [1.807, 2.05) is 30.3 Å². The first-order chi connectivity index (χ1) is 30.7. The van der Waals surface area contributed by atoms with Crippen molar-refractivity contribution in [2.24, 2.45) is 0 Å². The van der Waals surface area contributed by atoms with Crippen LogP contribution in [0.15, 0.2) is 52.3 Å². The van der Waals surface area contributed by atoms with Crippen molar-refractivity contribution >= 4 is 17.0 Å². The molecule has 0 aliphatic rings. The molecule has 0 nitrogen and oxygen atoms in total. The summed E-state index contributed by atoms with van der Waals surface area (Å²) in [5, 5.41) is 0. The number of halogens is 23. The first kappa shape index (κ1) is 51.1. The monoisotopic (exact) mass is 990 g/mol. The highest BCUT2D eigenvalue weighted by Crippen LogP contribution is 2.38. The van der Waals surface area contributed by atoms with Crippen molar-refractivity contribution in [3.05, 3.63) is 199 Å². The summed E-state index contributed by atoms with van der Waals surface area (Å²) in [7, 11) is -0.609. The van der Waals surface area contributed by atoms with Crippen LogP contribution in [0.25, 0.3) is 0 Å². The van der Waals surface area contributed by atoms with Gasteiger partial charge in [-0.25, -0.2) is 96.6 Å². The van der Waals surface area contributed by atoms with E-state index in [0.29, 0.717) is 0 Å². The molecule has 352 valence electrons. The lowest BCUT2D eigenvalue weighted by Crippen LogP contribution is -2.49.